The largest absolute Gasteiger partial charge is 0.387 e. The molecule has 1 aromatic carbocycles. The molecule has 1 saturated heterocycles. The van der Waals surface area contributed by atoms with Gasteiger partial charge in [0.15, 0.2) is 0 Å². The van der Waals surface area contributed by atoms with Gasteiger partial charge >= 0.3 is 0 Å². The van der Waals surface area contributed by atoms with E-state index in [-0.39, 0.29) is 5.82 Å². The Morgan fingerprint density at radius 2 is 2.04 bits per heavy atom. The van der Waals surface area contributed by atoms with Gasteiger partial charge in [-0.3, -0.25) is 4.98 Å². The monoisotopic (exact) mass is 330 g/mol. The van der Waals surface area contributed by atoms with E-state index >= 15 is 0 Å². The lowest BCUT2D eigenvalue weighted by atomic mass is 10.0. The Hall–Kier alpha value is -2.05. The van der Waals surface area contributed by atoms with Crippen LogP contribution in [0.25, 0.3) is 0 Å². The van der Waals surface area contributed by atoms with E-state index in [0.717, 1.165) is 31.7 Å². The van der Waals surface area contributed by atoms with Crippen molar-refractivity contribution >= 4 is 5.82 Å². The Labute approximate surface area is 141 Å². The molecule has 128 valence electrons. The molecule has 1 aliphatic rings. The van der Waals surface area contributed by atoms with Gasteiger partial charge in [-0.1, -0.05) is 18.2 Å². The summed E-state index contributed by atoms with van der Waals surface area (Å²) in [6.45, 7) is 2.24. The minimum atomic E-state index is -0.811. The molecule has 1 N–H and O–H groups in total. The predicted octanol–water partition coefficient (Wildman–Crippen LogP) is 2.25. The average molecular weight is 330 g/mol. The highest BCUT2D eigenvalue weighted by molar-refractivity contribution is 5.35. The molecule has 3 rings (SSSR count). The minimum absolute atomic E-state index is 0.351. The fourth-order valence-electron chi connectivity index (χ4n) is 3.26. The van der Waals surface area contributed by atoms with Crippen LogP contribution in [0.1, 0.15) is 24.5 Å². The van der Waals surface area contributed by atoms with Crippen molar-refractivity contribution in [1.29, 1.82) is 0 Å². The van der Waals surface area contributed by atoms with Gasteiger partial charge in [-0.25, -0.2) is 9.37 Å². The number of aliphatic hydroxyl groups excluding tert-OH is 1. The fourth-order valence-corrected chi connectivity index (χ4v) is 3.26. The second-order valence-corrected chi connectivity index (χ2v) is 6.26. The second-order valence-electron chi connectivity index (χ2n) is 6.26. The maximum atomic E-state index is 13.8. The molecule has 1 aliphatic heterocycles. The smallest absolute Gasteiger partial charge is 0.147 e. The summed E-state index contributed by atoms with van der Waals surface area (Å²) in [4.78, 5) is 12.8. The lowest BCUT2D eigenvalue weighted by Gasteiger charge is -2.37. The lowest BCUT2D eigenvalue weighted by Crippen LogP contribution is -2.44. The van der Waals surface area contributed by atoms with Crippen molar-refractivity contribution in [3.05, 3.63) is 54.2 Å². The minimum Gasteiger partial charge on any atom is -0.387 e. The maximum absolute atomic E-state index is 13.8. The molecule has 0 amide bonds. The Balaban J connectivity index is 1.54. The van der Waals surface area contributed by atoms with Crippen LogP contribution in [-0.4, -0.2) is 52.7 Å². The van der Waals surface area contributed by atoms with E-state index in [2.05, 4.69) is 19.8 Å². The molecule has 0 radical (unpaired) electrons. The first-order valence-corrected chi connectivity index (χ1v) is 8.29. The highest BCUT2D eigenvalue weighted by Crippen LogP contribution is 2.23. The number of rotatable bonds is 5. The number of aromatic nitrogens is 2. The van der Waals surface area contributed by atoms with Crippen LogP contribution in [0.2, 0.25) is 0 Å². The predicted molar refractivity (Wildman–Crippen MR) is 91.3 cm³/mol. The molecule has 1 atom stereocenters. The summed E-state index contributed by atoms with van der Waals surface area (Å²) < 4.78 is 13.8. The van der Waals surface area contributed by atoms with Gasteiger partial charge in [0.25, 0.3) is 0 Å². The SMILES string of the molecule is CN(CC(O)c1ccccc1F)C1CCN(c2cnccn2)CC1. The summed E-state index contributed by atoms with van der Waals surface area (Å²) in [6, 6.07) is 6.79. The fraction of sp³-hybridized carbons (Fsp3) is 0.444. The van der Waals surface area contributed by atoms with Gasteiger partial charge in [-0.2, -0.15) is 0 Å². The molecule has 0 spiro atoms. The summed E-state index contributed by atoms with van der Waals surface area (Å²) in [7, 11) is 1.99. The summed E-state index contributed by atoms with van der Waals surface area (Å²) in [5.74, 6) is 0.556. The number of benzene rings is 1. The van der Waals surface area contributed by atoms with Crippen LogP contribution in [0.5, 0.6) is 0 Å². The van der Waals surface area contributed by atoms with E-state index in [4.69, 9.17) is 0 Å². The van der Waals surface area contributed by atoms with Gasteiger partial charge in [0.05, 0.1) is 12.3 Å². The van der Waals surface area contributed by atoms with Crippen molar-refractivity contribution in [1.82, 2.24) is 14.9 Å². The van der Waals surface area contributed by atoms with E-state index in [1.165, 1.54) is 6.07 Å². The van der Waals surface area contributed by atoms with Crippen LogP contribution in [0.15, 0.2) is 42.9 Å². The summed E-state index contributed by atoms with van der Waals surface area (Å²) >= 11 is 0. The topological polar surface area (TPSA) is 52.5 Å². The van der Waals surface area contributed by atoms with Crippen molar-refractivity contribution in [2.75, 3.05) is 31.6 Å². The zero-order valence-electron chi connectivity index (χ0n) is 13.8. The van der Waals surface area contributed by atoms with Crippen LogP contribution in [0, 0.1) is 5.82 Å². The van der Waals surface area contributed by atoms with Gasteiger partial charge in [0.1, 0.15) is 11.6 Å². The van der Waals surface area contributed by atoms with Crippen LogP contribution >= 0.6 is 0 Å². The normalized spacial score (nSPS) is 17.2. The molecule has 2 aromatic rings. The summed E-state index contributed by atoms with van der Waals surface area (Å²) in [5.41, 5.74) is 0.362. The Morgan fingerprint density at radius 1 is 1.29 bits per heavy atom. The average Bonchev–Trinajstić information content (AvgIpc) is 2.63. The summed E-state index contributed by atoms with van der Waals surface area (Å²) in [5, 5.41) is 10.3. The quantitative estimate of drug-likeness (QED) is 0.911. The zero-order valence-corrected chi connectivity index (χ0v) is 13.8. The van der Waals surface area contributed by atoms with E-state index in [1.807, 2.05) is 7.05 Å². The summed E-state index contributed by atoms with van der Waals surface area (Å²) in [6.07, 6.45) is 6.32. The number of hydrogen-bond acceptors (Lipinski definition) is 5. The molecule has 24 heavy (non-hydrogen) atoms. The molecule has 5 nitrogen and oxygen atoms in total. The van der Waals surface area contributed by atoms with Crippen LogP contribution in [-0.2, 0) is 0 Å². The second kappa shape index (κ2) is 7.68. The number of aliphatic hydroxyl groups is 1. The standard InChI is InChI=1S/C18H23FN4O/c1-22(13-17(24)15-4-2-3-5-16(15)19)14-6-10-23(11-7-14)18-12-20-8-9-21-18/h2-5,8-9,12,14,17,24H,6-7,10-11,13H2,1H3. The molecule has 1 aromatic heterocycles. The molecule has 1 unspecified atom stereocenters. The highest BCUT2D eigenvalue weighted by Gasteiger charge is 2.25. The number of piperidine rings is 1. The molecule has 0 saturated carbocycles. The number of likely N-dealkylation sites (N-methyl/N-ethyl adjacent to an activating group) is 1. The van der Waals surface area contributed by atoms with Crippen molar-refractivity contribution in [3.63, 3.8) is 0 Å². The number of nitrogens with zero attached hydrogens (tertiary/aromatic N) is 4. The van der Waals surface area contributed by atoms with Gasteiger partial charge in [0, 0.05) is 43.6 Å². The number of halogens is 1. The number of anilines is 1. The first-order valence-electron chi connectivity index (χ1n) is 8.29. The molecule has 2 heterocycles. The van der Waals surface area contributed by atoms with E-state index in [0.29, 0.717) is 18.2 Å². The van der Waals surface area contributed by atoms with Gasteiger partial charge in [0.2, 0.25) is 0 Å². The lowest BCUT2D eigenvalue weighted by molar-refractivity contribution is 0.0934. The third-order valence-electron chi connectivity index (χ3n) is 4.69. The Kier molecular flexibility index (Phi) is 5.37. The molecular weight excluding hydrogens is 307 g/mol. The van der Waals surface area contributed by atoms with Crippen molar-refractivity contribution in [3.8, 4) is 0 Å². The van der Waals surface area contributed by atoms with Crippen molar-refractivity contribution in [2.45, 2.75) is 25.0 Å². The maximum Gasteiger partial charge on any atom is 0.147 e. The van der Waals surface area contributed by atoms with Crippen LogP contribution < -0.4 is 4.90 Å². The molecule has 6 heteroatoms. The van der Waals surface area contributed by atoms with E-state index in [9.17, 15) is 9.50 Å². The van der Waals surface area contributed by atoms with Gasteiger partial charge < -0.3 is 14.9 Å². The third kappa shape index (κ3) is 3.88. The third-order valence-corrected chi connectivity index (χ3v) is 4.69. The molecular formula is C18H23FN4O. The Bertz CT molecular complexity index is 646. The van der Waals surface area contributed by atoms with Gasteiger partial charge in [-0.15, -0.1) is 0 Å². The zero-order chi connectivity index (χ0) is 16.9. The molecule has 0 bridgehead atoms. The van der Waals surface area contributed by atoms with Crippen molar-refractivity contribution in [2.24, 2.45) is 0 Å². The van der Waals surface area contributed by atoms with E-state index < -0.39 is 6.10 Å². The molecule has 0 aliphatic carbocycles. The molecule has 1 fully saturated rings. The van der Waals surface area contributed by atoms with Gasteiger partial charge in [-0.05, 0) is 26.0 Å². The number of hydrogen-bond donors (Lipinski definition) is 1. The van der Waals surface area contributed by atoms with Crippen LogP contribution in [0.3, 0.4) is 0 Å². The highest BCUT2D eigenvalue weighted by atomic mass is 19.1. The Morgan fingerprint density at radius 3 is 2.71 bits per heavy atom. The van der Waals surface area contributed by atoms with E-state index in [1.54, 1.807) is 36.8 Å². The first kappa shape index (κ1) is 16.8. The van der Waals surface area contributed by atoms with Crippen molar-refractivity contribution < 1.29 is 9.50 Å². The first-order chi connectivity index (χ1) is 11.6. The van der Waals surface area contributed by atoms with Crippen LogP contribution in [0.4, 0.5) is 10.2 Å².